The molecule has 0 heterocycles. The van der Waals surface area contributed by atoms with Gasteiger partial charge < -0.3 is 10.5 Å². The Labute approximate surface area is 133 Å². The molecule has 0 aliphatic rings. The van der Waals surface area contributed by atoms with Crippen LogP contribution >= 0.6 is 12.4 Å². The maximum absolute atomic E-state index is 12.3. The second-order valence-electron chi connectivity index (χ2n) is 4.83. The number of sulfonamides is 1. The molecule has 122 valence electrons. The molecule has 0 saturated heterocycles. The van der Waals surface area contributed by atoms with Gasteiger partial charge in [0.05, 0.1) is 12.0 Å². The van der Waals surface area contributed by atoms with Crippen molar-refractivity contribution in [2.75, 3.05) is 13.7 Å². The molecular weight excluding hydrogens is 312 g/mol. The largest absolute Gasteiger partial charge is 0.496 e. The van der Waals surface area contributed by atoms with Gasteiger partial charge in [-0.25, -0.2) is 13.1 Å². The predicted octanol–water partition coefficient (Wildman–Crippen LogP) is 2.22. The van der Waals surface area contributed by atoms with E-state index in [1.807, 2.05) is 6.92 Å². The Morgan fingerprint density at radius 1 is 1.38 bits per heavy atom. The summed E-state index contributed by atoms with van der Waals surface area (Å²) in [5.41, 5.74) is 6.41. The average molecular weight is 337 g/mol. The van der Waals surface area contributed by atoms with Crippen molar-refractivity contribution < 1.29 is 13.2 Å². The van der Waals surface area contributed by atoms with Crippen molar-refractivity contribution in [2.24, 2.45) is 5.73 Å². The van der Waals surface area contributed by atoms with Crippen molar-refractivity contribution in [1.29, 1.82) is 0 Å². The summed E-state index contributed by atoms with van der Waals surface area (Å²) < 4.78 is 32.4. The van der Waals surface area contributed by atoms with Gasteiger partial charge in [0.1, 0.15) is 5.75 Å². The fraction of sp³-hybridized carbons (Fsp3) is 0.571. The number of rotatable bonds is 8. The molecule has 0 spiro atoms. The number of ether oxygens (including phenoxy) is 1. The Kier molecular flexibility index (Phi) is 8.89. The molecule has 1 aromatic rings. The number of aryl methyl sites for hydroxylation is 1. The highest BCUT2D eigenvalue weighted by Gasteiger charge is 2.19. The summed E-state index contributed by atoms with van der Waals surface area (Å²) in [6.45, 7) is 4.18. The van der Waals surface area contributed by atoms with Crippen molar-refractivity contribution in [3.05, 3.63) is 23.8 Å². The predicted molar refractivity (Wildman–Crippen MR) is 87.7 cm³/mol. The van der Waals surface area contributed by atoms with Crippen LogP contribution in [0.2, 0.25) is 0 Å². The van der Waals surface area contributed by atoms with Crippen LogP contribution in [0.1, 0.15) is 31.7 Å². The molecule has 1 rings (SSSR count). The summed E-state index contributed by atoms with van der Waals surface area (Å²) in [4.78, 5) is 0.241. The van der Waals surface area contributed by atoms with E-state index in [9.17, 15) is 8.42 Å². The number of hydrogen-bond donors (Lipinski definition) is 2. The molecule has 21 heavy (non-hydrogen) atoms. The van der Waals surface area contributed by atoms with Crippen molar-refractivity contribution in [2.45, 2.75) is 44.0 Å². The SMILES string of the molecule is CCCCC(CN)NS(=O)(=O)c1ccc(OC)c(C)c1.Cl. The van der Waals surface area contributed by atoms with Gasteiger partial charge in [0.15, 0.2) is 0 Å². The maximum atomic E-state index is 12.3. The minimum atomic E-state index is -3.54. The topological polar surface area (TPSA) is 81.4 Å². The molecule has 1 atom stereocenters. The Bertz CT molecular complexity index is 535. The van der Waals surface area contributed by atoms with Gasteiger partial charge in [0.25, 0.3) is 0 Å². The summed E-state index contributed by atoms with van der Waals surface area (Å²) in [6, 6.07) is 4.59. The lowest BCUT2D eigenvalue weighted by molar-refractivity contribution is 0.411. The number of benzene rings is 1. The second kappa shape index (κ2) is 9.25. The van der Waals surface area contributed by atoms with E-state index in [1.54, 1.807) is 25.3 Å². The molecule has 7 heteroatoms. The first-order chi connectivity index (χ1) is 9.44. The van der Waals surface area contributed by atoms with Gasteiger partial charge >= 0.3 is 0 Å². The molecule has 0 aromatic heterocycles. The van der Waals surface area contributed by atoms with E-state index in [-0.39, 0.29) is 23.3 Å². The molecule has 0 fully saturated rings. The van der Waals surface area contributed by atoms with Gasteiger partial charge in [-0.05, 0) is 37.1 Å². The Morgan fingerprint density at radius 3 is 2.52 bits per heavy atom. The lowest BCUT2D eigenvalue weighted by Crippen LogP contribution is -2.40. The van der Waals surface area contributed by atoms with Gasteiger partial charge in [-0.2, -0.15) is 0 Å². The third kappa shape index (κ3) is 5.82. The first-order valence-corrected chi connectivity index (χ1v) is 8.30. The van der Waals surface area contributed by atoms with E-state index >= 15 is 0 Å². The van der Waals surface area contributed by atoms with Crippen molar-refractivity contribution in [1.82, 2.24) is 4.72 Å². The fourth-order valence-electron chi connectivity index (χ4n) is 1.98. The van der Waals surface area contributed by atoms with E-state index in [0.29, 0.717) is 12.3 Å². The number of methoxy groups -OCH3 is 1. The summed E-state index contributed by atoms with van der Waals surface area (Å²) >= 11 is 0. The van der Waals surface area contributed by atoms with Crippen LogP contribution in [-0.4, -0.2) is 28.1 Å². The van der Waals surface area contributed by atoms with Gasteiger partial charge in [0, 0.05) is 12.6 Å². The van der Waals surface area contributed by atoms with E-state index in [4.69, 9.17) is 10.5 Å². The first-order valence-electron chi connectivity index (χ1n) is 6.81. The molecule has 0 saturated carbocycles. The van der Waals surface area contributed by atoms with Crippen molar-refractivity contribution >= 4 is 22.4 Å². The number of halogens is 1. The number of unbranched alkanes of at least 4 members (excludes halogenated alkanes) is 1. The van der Waals surface area contributed by atoms with Crippen LogP contribution in [0.3, 0.4) is 0 Å². The molecule has 0 bridgehead atoms. The molecule has 0 aliphatic carbocycles. The minimum Gasteiger partial charge on any atom is -0.496 e. The number of nitrogens with two attached hydrogens (primary N) is 1. The first kappa shape index (κ1) is 20.2. The summed E-state index contributed by atoms with van der Waals surface area (Å²) in [7, 11) is -1.98. The zero-order valence-electron chi connectivity index (χ0n) is 12.8. The zero-order valence-corrected chi connectivity index (χ0v) is 14.4. The van der Waals surface area contributed by atoms with Crippen molar-refractivity contribution in [3.63, 3.8) is 0 Å². The number of hydrogen-bond acceptors (Lipinski definition) is 4. The standard InChI is InChI=1S/C14H24N2O3S.ClH/c1-4-5-6-12(10-15)16-20(17,18)13-7-8-14(19-3)11(2)9-13;/h7-9,12,16H,4-6,10,15H2,1-3H3;1H. The highest BCUT2D eigenvalue weighted by Crippen LogP contribution is 2.21. The highest BCUT2D eigenvalue weighted by molar-refractivity contribution is 7.89. The van der Waals surface area contributed by atoms with Gasteiger partial charge in [0.2, 0.25) is 10.0 Å². The summed E-state index contributed by atoms with van der Waals surface area (Å²) in [5, 5.41) is 0. The average Bonchev–Trinajstić information content (AvgIpc) is 2.43. The fourth-order valence-corrected chi connectivity index (χ4v) is 3.35. The quantitative estimate of drug-likeness (QED) is 0.762. The summed E-state index contributed by atoms with van der Waals surface area (Å²) in [6.07, 6.45) is 2.72. The van der Waals surface area contributed by atoms with Gasteiger partial charge in [-0.15, -0.1) is 12.4 Å². The van der Waals surface area contributed by atoms with Crippen LogP contribution in [0.15, 0.2) is 23.1 Å². The van der Waals surface area contributed by atoms with Crippen LogP contribution < -0.4 is 15.2 Å². The van der Waals surface area contributed by atoms with E-state index < -0.39 is 10.0 Å². The van der Waals surface area contributed by atoms with E-state index in [0.717, 1.165) is 24.8 Å². The maximum Gasteiger partial charge on any atom is 0.240 e. The van der Waals surface area contributed by atoms with E-state index in [1.165, 1.54) is 0 Å². The number of nitrogens with one attached hydrogen (secondary N) is 1. The van der Waals surface area contributed by atoms with Gasteiger partial charge in [-0.3, -0.25) is 0 Å². The lowest BCUT2D eigenvalue weighted by atomic mass is 10.1. The third-order valence-electron chi connectivity index (χ3n) is 3.19. The molecule has 1 aromatic carbocycles. The minimum absolute atomic E-state index is 0. The molecular formula is C14H25ClN2O3S. The van der Waals surface area contributed by atoms with Crippen LogP contribution in [-0.2, 0) is 10.0 Å². The van der Waals surface area contributed by atoms with E-state index in [2.05, 4.69) is 11.6 Å². The van der Waals surface area contributed by atoms with Crippen LogP contribution in [0.4, 0.5) is 0 Å². The second-order valence-corrected chi connectivity index (χ2v) is 6.54. The summed E-state index contributed by atoms with van der Waals surface area (Å²) in [5.74, 6) is 0.672. The van der Waals surface area contributed by atoms with Crippen molar-refractivity contribution in [3.8, 4) is 5.75 Å². The Morgan fingerprint density at radius 2 is 2.05 bits per heavy atom. The lowest BCUT2D eigenvalue weighted by Gasteiger charge is -2.17. The normalized spacial score (nSPS) is 12.6. The van der Waals surface area contributed by atoms with Crippen LogP contribution in [0.5, 0.6) is 5.75 Å². The molecule has 1 unspecified atom stereocenters. The van der Waals surface area contributed by atoms with Crippen LogP contribution in [0, 0.1) is 6.92 Å². The molecule has 0 amide bonds. The monoisotopic (exact) mass is 336 g/mol. The Hall–Kier alpha value is -0.820. The molecule has 3 N–H and O–H groups in total. The molecule has 0 radical (unpaired) electrons. The van der Waals surface area contributed by atoms with Gasteiger partial charge in [-0.1, -0.05) is 19.8 Å². The third-order valence-corrected chi connectivity index (χ3v) is 4.71. The molecule has 5 nitrogen and oxygen atoms in total. The zero-order chi connectivity index (χ0) is 15.2. The Balaban J connectivity index is 0.00000400. The van der Waals surface area contributed by atoms with Crippen LogP contribution in [0.25, 0.3) is 0 Å². The molecule has 0 aliphatic heterocycles. The highest BCUT2D eigenvalue weighted by atomic mass is 35.5. The smallest absolute Gasteiger partial charge is 0.240 e.